The van der Waals surface area contributed by atoms with Crippen LogP contribution in [0.15, 0.2) is 0 Å². The summed E-state index contributed by atoms with van der Waals surface area (Å²) < 4.78 is 10.6. The van der Waals surface area contributed by atoms with E-state index in [0.29, 0.717) is 0 Å². The molecule has 1 atom stereocenters. The monoisotopic (exact) mass is 161 g/mol. The molecule has 0 aromatic rings. The lowest BCUT2D eigenvalue weighted by molar-refractivity contribution is 0.659. The number of hydrogen-bond donors (Lipinski definition) is 1. The molecule has 3 heteroatoms. The number of hydrogen-bond acceptors (Lipinski definition) is 2. The van der Waals surface area contributed by atoms with Gasteiger partial charge in [0.1, 0.15) is 0 Å². The smallest absolute Gasteiger partial charge is 0.0244 e. The maximum atomic E-state index is 10.6. The van der Waals surface area contributed by atoms with Crippen molar-refractivity contribution in [2.24, 2.45) is 0 Å². The summed E-state index contributed by atoms with van der Waals surface area (Å²) in [5.74, 6) is 0.847. The summed E-state index contributed by atoms with van der Waals surface area (Å²) in [7, 11) is -0.600. The minimum atomic E-state index is -0.600. The molecule has 0 saturated heterocycles. The van der Waals surface area contributed by atoms with Crippen molar-refractivity contribution in [2.45, 2.75) is 25.3 Å². The molecule has 1 fully saturated rings. The van der Waals surface area contributed by atoms with E-state index in [1.165, 1.54) is 12.8 Å². The van der Waals surface area contributed by atoms with Crippen molar-refractivity contribution < 1.29 is 4.21 Å². The second-order valence-electron chi connectivity index (χ2n) is 2.86. The molecule has 1 N–H and O–H groups in total. The first kappa shape index (κ1) is 8.21. The highest BCUT2D eigenvalue weighted by Crippen LogP contribution is 2.18. The zero-order valence-corrected chi connectivity index (χ0v) is 7.25. The molecule has 1 saturated carbocycles. The molecule has 1 aliphatic carbocycles. The third kappa shape index (κ3) is 4.01. The Labute approximate surface area is 64.8 Å². The van der Waals surface area contributed by atoms with Crippen molar-refractivity contribution in [1.82, 2.24) is 5.32 Å². The van der Waals surface area contributed by atoms with Crippen molar-refractivity contribution in [3.8, 4) is 0 Å². The van der Waals surface area contributed by atoms with E-state index in [2.05, 4.69) is 5.32 Å². The number of rotatable bonds is 5. The molecule has 1 unspecified atom stereocenters. The van der Waals surface area contributed by atoms with E-state index in [1.807, 2.05) is 0 Å². The minimum absolute atomic E-state index is 0.600. The summed E-state index contributed by atoms with van der Waals surface area (Å²) in [6, 6.07) is 0.797. The Bertz CT molecular complexity index is 123. The second-order valence-corrected chi connectivity index (χ2v) is 4.41. The molecule has 0 radical (unpaired) electrons. The van der Waals surface area contributed by atoms with Gasteiger partial charge in [-0.25, -0.2) is 0 Å². The van der Waals surface area contributed by atoms with Gasteiger partial charge in [-0.1, -0.05) is 0 Å². The van der Waals surface area contributed by atoms with Gasteiger partial charge < -0.3 is 5.32 Å². The Hall–Kier alpha value is 0.110. The summed E-state index contributed by atoms with van der Waals surface area (Å²) in [5, 5.41) is 3.38. The molecular weight excluding hydrogens is 146 g/mol. The lowest BCUT2D eigenvalue weighted by atomic mass is 10.5. The SMILES string of the molecule is CS(=O)CCCNC1CC1. The van der Waals surface area contributed by atoms with Crippen LogP contribution in [0.1, 0.15) is 19.3 Å². The topological polar surface area (TPSA) is 29.1 Å². The normalized spacial score (nSPS) is 20.9. The highest BCUT2D eigenvalue weighted by atomic mass is 32.2. The molecule has 0 heterocycles. The summed E-state index contributed by atoms with van der Waals surface area (Å²) >= 11 is 0. The average molecular weight is 161 g/mol. The van der Waals surface area contributed by atoms with Gasteiger partial charge in [-0.05, 0) is 25.8 Å². The van der Waals surface area contributed by atoms with Gasteiger partial charge in [0.05, 0.1) is 0 Å². The molecular formula is C7H15NOS. The van der Waals surface area contributed by atoms with E-state index in [9.17, 15) is 4.21 Å². The van der Waals surface area contributed by atoms with E-state index < -0.39 is 10.8 Å². The van der Waals surface area contributed by atoms with E-state index >= 15 is 0 Å². The van der Waals surface area contributed by atoms with Gasteiger partial charge >= 0.3 is 0 Å². The van der Waals surface area contributed by atoms with Crippen molar-refractivity contribution in [2.75, 3.05) is 18.6 Å². The van der Waals surface area contributed by atoms with Crippen LogP contribution in [0.2, 0.25) is 0 Å². The molecule has 1 aliphatic rings. The first-order valence-corrected chi connectivity index (χ1v) is 5.55. The molecule has 2 nitrogen and oxygen atoms in total. The predicted molar refractivity (Wildman–Crippen MR) is 44.6 cm³/mol. The van der Waals surface area contributed by atoms with E-state index in [4.69, 9.17) is 0 Å². The van der Waals surface area contributed by atoms with Gasteiger partial charge in [0.25, 0.3) is 0 Å². The molecule has 0 aromatic carbocycles. The summed E-state index contributed by atoms with van der Waals surface area (Å²) in [5.41, 5.74) is 0. The molecule has 60 valence electrons. The van der Waals surface area contributed by atoms with Gasteiger partial charge in [0.2, 0.25) is 0 Å². The maximum Gasteiger partial charge on any atom is 0.0244 e. The molecule has 0 amide bonds. The quantitative estimate of drug-likeness (QED) is 0.595. The lowest BCUT2D eigenvalue weighted by Gasteiger charge is -1.99. The molecule has 0 spiro atoms. The molecule has 0 bridgehead atoms. The summed E-state index contributed by atoms with van der Waals surface area (Å²) in [6.45, 7) is 1.05. The highest BCUT2D eigenvalue weighted by Gasteiger charge is 2.19. The zero-order chi connectivity index (χ0) is 7.40. The van der Waals surface area contributed by atoms with Gasteiger partial charge in [-0.2, -0.15) is 0 Å². The van der Waals surface area contributed by atoms with Gasteiger partial charge in [-0.3, -0.25) is 4.21 Å². The molecule has 0 aliphatic heterocycles. The van der Waals surface area contributed by atoms with Crippen molar-refractivity contribution in [3.05, 3.63) is 0 Å². The van der Waals surface area contributed by atoms with Gasteiger partial charge in [0.15, 0.2) is 0 Å². The lowest BCUT2D eigenvalue weighted by Crippen LogP contribution is -2.18. The van der Waals surface area contributed by atoms with Crippen molar-refractivity contribution in [3.63, 3.8) is 0 Å². The van der Waals surface area contributed by atoms with Crippen LogP contribution in [-0.2, 0) is 10.8 Å². The number of nitrogens with one attached hydrogen (secondary N) is 1. The Morgan fingerprint density at radius 1 is 1.60 bits per heavy atom. The average Bonchev–Trinajstić information content (AvgIpc) is 2.62. The molecule has 1 rings (SSSR count). The fraction of sp³-hybridized carbons (Fsp3) is 1.00. The third-order valence-electron chi connectivity index (χ3n) is 1.62. The predicted octanol–water partition coefficient (Wildman–Crippen LogP) is 0.507. The van der Waals surface area contributed by atoms with Crippen LogP contribution in [0.5, 0.6) is 0 Å². The Morgan fingerprint density at radius 2 is 2.30 bits per heavy atom. The Balaban J connectivity index is 1.80. The van der Waals surface area contributed by atoms with Crippen molar-refractivity contribution >= 4 is 10.8 Å². The zero-order valence-electron chi connectivity index (χ0n) is 6.43. The van der Waals surface area contributed by atoms with Gasteiger partial charge in [0, 0.05) is 28.9 Å². The van der Waals surface area contributed by atoms with Crippen LogP contribution in [0.4, 0.5) is 0 Å². The van der Waals surface area contributed by atoms with Crippen LogP contribution in [-0.4, -0.2) is 28.8 Å². The van der Waals surface area contributed by atoms with Crippen LogP contribution < -0.4 is 5.32 Å². The Morgan fingerprint density at radius 3 is 2.80 bits per heavy atom. The van der Waals surface area contributed by atoms with E-state index in [1.54, 1.807) is 6.26 Å². The van der Waals surface area contributed by atoms with Crippen LogP contribution >= 0.6 is 0 Å². The van der Waals surface area contributed by atoms with Crippen LogP contribution in [0.3, 0.4) is 0 Å². The summed E-state index contributed by atoms with van der Waals surface area (Å²) in [4.78, 5) is 0. The minimum Gasteiger partial charge on any atom is -0.314 e. The van der Waals surface area contributed by atoms with Crippen LogP contribution in [0.25, 0.3) is 0 Å². The Kier molecular flexibility index (Phi) is 3.35. The first-order chi connectivity index (χ1) is 4.79. The fourth-order valence-corrected chi connectivity index (χ4v) is 1.42. The van der Waals surface area contributed by atoms with Crippen LogP contribution in [0, 0.1) is 0 Å². The largest absolute Gasteiger partial charge is 0.314 e. The fourth-order valence-electron chi connectivity index (χ4n) is 0.869. The third-order valence-corrected chi connectivity index (χ3v) is 2.48. The second kappa shape index (κ2) is 4.09. The summed E-state index contributed by atoms with van der Waals surface area (Å²) in [6.07, 6.45) is 5.50. The standard InChI is InChI=1S/C7H15NOS/c1-10(9)6-2-5-8-7-3-4-7/h7-8H,2-6H2,1H3. The highest BCUT2D eigenvalue weighted by molar-refractivity contribution is 7.84. The van der Waals surface area contributed by atoms with Gasteiger partial charge in [-0.15, -0.1) is 0 Å². The van der Waals surface area contributed by atoms with E-state index in [-0.39, 0.29) is 0 Å². The first-order valence-electron chi connectivity index (χ1n) is 3.82. The van der Waals surface area contributed by atoms with E-state index in [0.717, 1.165) is 24.8 Å². The molecule has 0 aromatic heterocycles. The molecule has 10 heavy (non-hydrogen) atoms. The maximum absolute atomic E-state index is 10.6. The van der Waals surface area contributed by atoms with Crippen molar-refractivity contribution in [1.29, 1.82) is 0 Å².